The predicted octanol–water partition coefficient (Wildman–Crippen LogP) is 4.70. The maximum Gasteiger partial charge on any atom is 0.255 e. The number of nitrogens with one attached hydrogen (secondary N) is 4. The van der Waals surface area contributed by atoms with Crippen LogP contribution < -0.4 is 44.2 Å². The van der Waals surface area contributed by atoms with Crippen LogP contribution in [0.4, 0.5) is 22.7 Å². The molecular formula is C57H64N12O8. The highest BCUT2D eigenvalue weighted by molar-refractivity contribution is 6.05. The SMILES string of the molecule is C.[2H]C1(N2Cc3c(N)cccc3C2=O)CCC(=C)NC1=O.[2H]C1([2H])c2c(N)cccc2C(=O)N1C1([2H])C(=O)NC(=C)CC1([2H])[2H].[2H]c1c([2H])c(N)c2c(c1[2H])C(=O)N(C1([2H])C(=O)NC(=C)CC1([2H])[2H])C2([2H])[2H].[2H]c1c([2H])c(N)c2c(c1[2H])C(=O)N(C1([2H])CCC(=C)NC1=O)C2. The molecule has 0 spiro atoms. The number of carbonyl (C=O) groups is 8. The smallest absolute Gasteiger partial charge is 0.255 e. The Balaban J connectivity index is 0.000000162. The monoisotopic (exact) mass is 1060 g/mol. The number of fused-ring (bicyclic) bond motifs is 4. The molecule has 77 heavy (non-hydrogen) atoms. The molecule has 4 aromatic carbocycles. The molecule has 8 aliphatic rings. The fourth-order valence-electron chi connectivity index (χ4n) is 8.70. The second kappa shape index (κ2) is 21.9. The molecule has 8 aliphatic heterocycles. The average Bonchev–Trinajstić information content (AvgIpc) is 1.58. The van der Waals surface area contributed by atoms with Crippen molar-refractivity contribution >= 4 is 70.0 Å². The molecule has 4 saturated heterocycles. The lowest BCUT2D eigenvalue weighted by Crippen LogP contribution is -2.49. The van der Waals surface area contributed by atoms with Gasteiger partial charge < -0.3 is 63.8 Å². The molecular weight excluding hydrogens is 981 g/mol. The number of anilines is 4. The van der Waals surface area contributed by atoms with E-state index in [-0.39, 0.29) is 95.2 Å². The minimum atomic E-state index is -3.03. The third kappa shape index (κ3) is 10.6. The average molecular weight is 1060 g/mol. The summed E-state index contributed by atoms with van der Waals surface area (Å²) in [5.41, 5.74) is 24.0. The molecule has 0 bridgehead atoms. The van der Waals surface area contributed by atoms with Crippen LogP contribution in [-0.2, 0) is 45.3 Å². The fraction of sp³-hybridized carbons (Fsp3) is 0.298. The van der Waals surface area contributed by atoms with Crippen molar-refractivity contribution in [3.8, 4) is 0 Å². The minimum Gasteiger partial charge on any atom is -0.398 e. The molecule has 4 atom stereocenters. The van der Waals surface area contributed by atoms with Crippen molar-refractivity contribution in [3.05, 3.63) is 166 Å². The molecule has 0 radical (unpaired) electrons. The van der Waals surface area contributed by atoms with Crippen molar-refractivity contribution in [1.29, 1.82) is 0 Å². The van der Waals surface area contributed by atoms with Crippen LogP contribution in [0, 0.1) is 0 Å². The molecule has 12 rings (SSSR count). The van der Waals surface area contributed by atoms with E-state index in [4.69, 9.17) is 47.6 Å². The first-order valence-electron chi connectivity index (χ1n) is 32.1. The van der Waals surface area contributed by atoms with Gasteiger partial charge in [-0.05, 0) is 99.7 Å². The summed E-state index contributed by atoms with van der Waals surface area (Å²) in [6.07, 6.45) is -4.99. The summed E-state index contributed by atoms with van der Waals surface area (Å²) in [5.74, 6) is -6.87. The summed E-state index contributed by atoms with van der Waals surface area (Å²) in [4.78, 5) is 103. The topological polar surface area (TPSA) is 302 Å². The summed E-state index contributed by atoms with van der Waals surface area (Å²) in [5, 5.41) is 9.46. The highest BCUT2D eigenvalue weighted by atomic mass is 16.2. The maximum absolute atomic E-state index is 12.9. The molecule has 0 aromatic heterocycles. The van der Waals surface area contributed by atoms with Crippen LogP contribution in [0.3, 0.4) is 0 Å². The normalized spacial score (nSPS) is 31.9. The van der Waals surface area contributed by atoms with E-state index in [1.54, 1.807) is 18.2 Å². The molecule has 4 unspecified atom stereocenters. The van der Waals surface area contributed by atoms with Crippen LogP contribution in [0.1, 0.15) is 147 Å². The number of amides is 8. The lowest BCUT2D eigenvalue weighted by molar-refractivity contribution is -0.127. The van der Waals surface area contributed by atoms with Crippen LogP contribution in [0.2, 0.25) is 0 Å². The Morgan fingerprint density at radius 3 is 1.22 bits per heavy atom. The van der Waals surface area contributed by atoms with Gasteiger partial charge in [-0.1, -0.05) is 58.0 Å². The van der Waals surface area contributed by atoms with Gasteiger partial charge in [0.1, 0.15) is 24.1 Å². The van der Waals surface area contributed by atoms with E-state index in [0.29, 0.717) is 45.9 Å². The van der Waals surface area contributed by atoms with Crippen molar-refractivity contribution in [1.82, 2.24) is 40.9 Å². The first kappa shape index (κ1) is 35.1. The zero-order valence-corrected chi connectivity index (χ0v) is 40.3. The summed E-state index contributed by atoms with van der Waals surface area (Å²) in [6.45, 7) is 8.78. The van der Waals surface area contributed by atoms with Gasteiger partial charge >= 0.3 is 0 Å². The summed E-state index contributed by atoms with van der Waals surface area (Å²) >= 11 is 0. The number of carbonyl (C=O) groups excluding carboxylic acids is 8. The Morgan fingerprint density at radius 1 is 0.455 bits per heavy atom. The van der Waals surface area contributed by atoms with E-state index in [9.17, 15) is 38.4 Å². The van der Waals surface area contributed by atoms with Gasteiger partial charge in [0.2, 0.25) is 23.6 Å². The van der Waals surface area contributed by atoms with E-state index in [0.717, 1.165) is 4.90 Å². The molecule has 0 aliphatic carbocycles. The Labute approximate surface area is 471 Å². The van der Waals surface area contributed by atoms with Gasteiger partial charge in [-0.3, -0.25) is 38.4 Å². The molecule has 8 heterocycles. The standard InChI is InChI=1S/4C14H15N3O2.CH4/c4*1-8-5-6-12(13(18)16-8)17-7-10-9(14(17)19)3-2-4-11(10)15;/h4*2-4,12H,1,5-7,15H2,(H,16,18);1H4/i2D,3D,4D,6D2,7D2,12D;2D,3D,4D,12D;6D2,7D2,12D;12D;. The minimum absolute atomic E-state index is 0. The Bertz CT molecular complexity index is 4190. The van der Waals surface area contributed by atoms with Crippen molar-refractivity contribution < 1.29 is 63.0 Å². The van der Waals surface area contributed by atoms with Crippen LogP contribution in [0.25, 0.3) is 0 Å². The number of rotatable bonds is 4. The van der Waals surface area contributed by atoms with Crippen LogP contribution in [-0.4, -0.2) is 90.9 Å². The molecule has 20 heteroatoms. The number of piperidine rings is 4. The number of allylic oxidation sites excluding steroid dienone is 4. The highest BCUT2D eigenvalue weighted by Gasteiger charge is 2.42. The number of hydrogen-bond acceptors (Lipinski definition) is 12. The molecule has 20 nitrogen and oxygen atoms in total. The highest BCUT2D eigenvalue weighted by Crippen LogP contribution is 2.35. The first-order valence-corrected chi connectivity index (χ1v) is 23.1. The molecule has 4 aromatic rings. The van der Waals surface area contributed by atoms with Crippen molar-refractivity contribution in [2.45, 2.75) is 109 Å². The van der Waals surface area contributed by atoms with Crippen LogP contribution in [0.15, 0.2) is 122 Å². The zero-order chi connectivity index (χ0) is 70.4. The lowest BCUT2D eigenvalue weighted by Gasteiger charge is -2.30. The van der Waals surface area contributed by atoms with Crippen molar-refractivity contribution in [2.24, 2.45) is 0 Å². The first-order chi connectivity index (χ1) is 43.2. The van der Waals surface area contributed by atoms with E-state index in [1.807, 2.05) is 0 Å². The summed E-state index contributed by atoms with van der Waals surface area (Å²) in [6, 6.07) is -3.24. The van der Waals surface area contributed by atoms with Gasteiger partial charge in [-0.25, -0.2) is 0 Å². The largest absolute Gasteiger partial charge is 0.398 e. The lowest BCUT2D eigenvalue weighted by atomic mass is 10.0. The molecule has 400 valence electrons. The maximum atomic E-state index is 12.9. The Kier molecular flexibility index (Phi) is 10.0. The number of hydrogen-bond donors (Lipinski definition) is 8. The van der Waals surface area contributed by atoms with E-state index in [1.165, 1.54) is 23.1 Å². The molecule has 0 saturated carbocycles. The van der Waals surface area contributed by atoms with Gasteiger partial charge in [-0.15, -0.1) is 0 Å². The van der Waals surface area contributed by atoms with Crippen LogP contribution in [0.5, 0.6) is 0 Å². The summed E-state index contributed by atoms with van der Waals surface area (Å²) in [7, 11) is 0. The second-order valence-electron chi connectivity index (χ2n) is 17.6. The quantitative estimate of drug-likeness (QED) is 0.129. The number of benzene rings is 4. The third-order valence-electron chi connectivity index (χ3n) is 12.6. The molecule has 8 amide bonds. The third-order valence-corrected chi connectivity index (χ3v) is 12.6. The number of nitrogen functional groups attached to an aromatic ring is 4. The fourth-order valence-corrected chi connectivity index (χ4v) is 8.70. The molecule has 4 fully saturated rings. The van der Waals surface area contributed by atoms with E-state index >= 15 is 0 Å². The van der Waals surface area contributed by atoms with Gasteiger partial charge in [0.15, 0.2) is 0 Å². The van der Waals surface area contributed by atoms with Gasteiger partial charge in [0, 0.05) is 122 Å². The Hall–Kier alpha value is -9.20. The van der Waals surface area contributed by atoms with Gasteiger partial charge in [0.05, 0.1) is 19.2 Å². The Morgan fingerprint density at radius 2 is 0.792 bits per heavy atom. The predicted molar refractivity (Wildman–Crippen MR) is 291 cm³/mol. The van der Waals surface area contributed by atoms with Crippen molar-refractivity contribution in [2.75, 3.05) is 22.9 Å². The number of nitrogens with two attached hydrogens (primary N) is 4. The van der Waals surface area contributed by atoms with E-state index in [2.05, 4.69) is 47.6 Å². The molecule has 12 N–H and O–H groups in total. The zero-order valence-electron chi connectivity index (χ0n) is 58.3. The number of nitrogens with zero attached hydrogens (tertiary/aromatic N) is 4. The van der Waals surface area contributed by atoms with E-state index < -0.39 is 151 Å². The van der Waals surface area contributed by atoms with Crippen molar-refractivity contribution in [3.63, 3.8) is 0 Å². The second-order valence-corrected chi connectivity index (χ2v) is 17.6. The summed E-state index contributed by atoms with van der Waals surface area (Å²) < 4.78 is 146. The van der Waals surface area contributed by atoms with Gasteiger partial charge in [-0.2, -0.15) is 0 Å². The van der Waals surface area contributed by atoms with Gasteiger partial charge in [0.25, 0.3) is 23.6 Å². The van der Waals surface area contributed by atoms with Crippen LogP contribution >= 0.6 is 0 Å².